The molecule has 0 aromatic carbocycles. The smallest absolute Gasteiger partial charge is 0.235 e. The first-order valence-electron chi connectivity index (χ1n) is 4.08. The van der Waals surface area contributed by atoms with Gasteiger partial charge in [-0.05, 0) is 6.92 Å². The molecule has 0 unspecified atom stereocenters. The molecule has 0 saturated heterocycles. The molecule has 15 heavy (non-hydrogen) atoms. The maximum absolute atomic E-state index is 11.2. The Morgan fingerprint density at radius 1 is 1.60 bits per heavy atom. The third kappa shape index (κ3) is 4.50. The number of rotatable bonds is 5. The van der Waals surface area contributed by atoms with Gasteiger partial charge in [0, 0.05) is 11.8 Å². The van der Waals surface area contributed by atoms with Gasteiger partial charge in [0.05, 0.1) is 11.7 Å². The van der Waals surface area contributed by atoms with Crippen LogP contribution in [0.15, 0.2) is 10.6 Å². The number of nitrogens with one attached hydrogen (secondary N) is 1. The molecule has 0 radical (unpaired) electrons. The predicted molar refractivity (Wildman–Crippen MR) is 52.2 cm³/mol. The number of carboxylic acids is 1. The Hall–Kier alpha value is -1.50. The molecule has 0 aliphatic carbocycles. The number of anilines is 1. The number of thioether (sulfide) groups is 1. The van der Waals surface area contributed by atoms with Crippen molar-refractivity contribution in [1.82, 2.24) is 5.16 Å². The highest BCUT2D eigenvalue weighted by molar-refractivity contribution is 8.00. The first kappa shape index (κ1) is 11.6. The largest absolute Gasteiger partial charge is 0.549 e. The van der Waals surface area contributed by atoms with Crippen LogP contribution in [0.5, 0.6) is 0 Å². The molecule has 0 fully saturated rings. The van der Waals surface area contributed by atoms with Gasteiger partial charge in [-0.25, -0.2) is 0 Å². The molecular formula is C8H9N2O4S-. The molecule has 1 aromatic heterocycles. The number of amides is 1. The van der Waals surface area contributed by atoms with E-state index < -0.39 is 5.97 Å². The lowest BCUT2D eigenvalue weighted by Gasteiger charge is -2.01. The second-order valence-corrected chi connectivity index (χ2v) is 3.72. The number of hydrogen-bond donors (Lipinski definition) is 1. The zero-order valence-corrected chi connectivity index (χ0v) is 8.80. The first-order valence-corrected chi connectivity index (χ1v) is 5.24. The number of carboxylic acid groups (broad SMARTS) is 1. The molecule has 82 valence electrons. The van der Waals surface area contributed by atoms with Crippen molar-refractivity contribution in [3.8, 4) is 0 Å². The zero-order chi connectivity index (χ0) is 11.3. The molecule has 0 bridgehead atoms. The molecule has 0 atom stereocenters. The summed E-state index contributed by atoms with van der Waals surface area (Å²) in [6, 6.07) is 1.57. The summed E-state index contributed by atoms with van der Waals surface area (Å²) in [5.41, 5.74) is 0. The van der Waals surface area contributed by atoms with Crippen LogP contribution in [0.4, 0.5) is 5.82 Å². The third-order valence-electron chi connectivity index (χ3n) is 1.35. The fourth-order valence-electron chi connectivity index (χ4n) is 0.831. The SMILES string of the molecule is Cc1cc(NC(=O)CSCC(=O)[O-])no1. The highest BCUT2D eigenvalue weighted by Crippen LogP contribution is 2.08. The number of nitrogens with zero attached hydrogens (tertiary/aromatic N) is 1. The number of carbonyl (C=O) groups excluding carboxylic acids is 2. The Morgan fingerprint density at radius 3 is 2.87 bits per heavy atom. The van der Waals surface area contributed by atoms with Crippen LogP contribution >= 0.6 is 11.8 Å². The molecular weight excluding hydrogens is 220 g/mol. The monoisotopic (exact) mass is 229 g/mol. The summed E-state index contributed by atoms with van der Waals surface area (Å²) in [6.07, 6.45) is 0. The van der Waals surface area contributed by atoms with E-state index in [-0.39, 0.29) is 17.4 Å². The van der Waals surface area contributed by atoms with Crippen LogP contribution < -0.4 is 10.4 Å². The van der Waals surface area contributed by atoms with Crippen molar-refractivity contribution in [3.05, 3.63) is 11.8 Å². The van der Waals surface area contributed by atoms with Gasteiger partial charge in [-0.1, -0.05) is 5.16 Å². The van der Waals surface area contributed by atoms with E-state index in [1.807, 2.05) is 0 Å². The lowest BCUT2D eigenvalue weighted by atomic mass is 10.5. The van der Waals surface area contributed by atoms with Gasteiger partial charge in [0.25, 0.3) is 0 Å². The summed E-state index contributed by atoms with van der Waals surface area (Å²) in [6.45, 7) is 1.70. The molecule has 7 heteroatoms. The van der Waals surface area contributed by atoms with E-state index in [0.29, 0.717) is 11.6 Å². The van der Waals surface area contributed by atoms with Crippen LogP contribution in [0.1, 0.15) is 5.76 Å². The molecule has 0 aliphatic rings. The van der Waals surface area contributed by atoms with Crippen molar-refractivity contribution in [2.24, 2.45) is 0 Å². The van der Waals surface area contributed by atoms with Gasteiger partial charge in [-0.2, -0.15) is 0 Å². The van der Waals surface area contributed by atoms with Crippen molar-refractivity contribution in [2.45, 2.75) is 6.92 Å². The summed E-state index contributed by atoms with van der Waals surface area (Å²) >= 11 is 0.963. The molecule has 1 N–H and O–H groups in total. The van der Waals surface area contributed by atoms with E-state index in [2.05, 4.69) is 10.5 Å². The Morgan fingerprint density at radius 2 is 2.33 bits per heavy atom. The van der Waals surface area contributed by atoms with E-state index in [9.17, 15) is 14.7 Å². The second kappa shape index (κ2) is 5.40. The Labute approximate surface area is 90.0 Å². The van der Waals surface area contributed by atoms with Gasteiger partial charge in [0.15, 0.2) is 5.82 Å². The van der Waals surface area contributed by atoms with Gasteiger partial charge in [0.1, 0.15) is 5.76 Å². The van der Waals surface area contributed by atoms with Gasteiger partial charge in [-0.15, -0.1) is 11.8 Å². The molecule has 0 spiro atoms. The fraction of sp³-hybridized carbons (Fsp3) is 0.375. The summed E-state index contributed by atoms with van der Waals surface area (Å²) in [7, 11) is 0. The molecule has 1 amide bonds. The summed E-state index contributed by atoms with van der Waals surface area (Å²) < 4.78 is 4.73. The van der Waals surface area contributed by atoms with Crippen LogP contribution in [0.25, 0.3) is 0 Å². The standard InChI is InChI=1S/C8H10N2O4S/c1-5-2-6(10-14-5)9-7(11)3-15-4-8(12)13/h2H,3-4H2,1H3,(H,12,13)(H,9,10,11)/p-1. The molecule has 1 aromatic rings. The number of hydrogen-bond acceptors (Lipinski definition) is 6. The number of aliphatic carboxylic acids is 1. The van der Waals surface area contributed by atoms with E-state index in [1.165, 1.54) is 0 Å². The van der Waals surface area contributed by atoms with E-state index in [1.54, 1.807) is 13.0 Å². The van der Waals surface area contributed by atoms with Crippen molar-refractivity contribution >= 4 is 29.5 Å². The second-order valence-electron chi connectivity index (χ2n) is 2.74. The summed E-state index contributed by atoms with van der Waals surface area (Å²) in [5, 5.41) is 16.1. The molecule has 0 aliphatic heterocycles. The number of aromatic nitrogens is 1. The molecule has 1 heterocycles. The summed E-state index contributed by atoms with van der Waals surface area (Å²) in [4.78, 5) is 21.2. The normalized spacial score (nSPS) is 9.93. The Bertz CT molecular complexity index is 363. The average molecular weight is 229 g/mol. The minimum atomic E-state index is -1.19. The van der Waals surface area contributed by atoms with Crippen LogP contribution in [-0.2, 0) is 9.59 Å². The van der Waals surface area contributed by atoms with Crippen molar-refractivity contribution < 1.29 is 19.2 Å². The van der Waals surface area contributed by atoms with Crippen molar-refractivity contribution in [1.29, 1.82) is 0 Å². The lowest BCUT2D eigenvalue weighted by Crippen LogP contribution is -2.25. The number of carbonyl (C=O) groups is 2. The quantitative estimate of drug-likeness (QED) is 0.724. The minimum Gasteiger partial charge on any atom is -0.549 e. The first-order chi connectivity index (χ1) is 7.08. The molecule has 6 nitrogen and oxygen atoms in total. The van der Waals surface area contributed by atoms with Gasteiger partial charge >= 0.3 is 0 Å². The van der Waals surface area contributed by atoms with Gasteiger partial charge in [0.2, 0.25) is 5.91 Å². The van der Waals surface area contributed by atoms with Crippen LogP contribution in [0.2, 0.25) is 0 Å². The van der Waals surface area contributed by atoms with Gasteiger partial charge < -0.3 is 19.7 Å². The Kier molecular flexibility index (Phi) is 4.17. The van der Waals surface area contributed by atoms with Gasteiger partial charge in [-0.3, -0.25) is 4.79 Å². The zero-order valence-electron chi connectivity index (χ0n) is 7.98. The highest BCUT2D eigenvalue weighted by atomic mass is 32.2. The topological polar surface area (TPSA) is 95.3 Å². The Balaban J connectivity index is 2.27. The van der Waals surface area contributed by atoms with Crippen molar-refractivity contribution in [3.63, 3.8) is 0 Å². The molecule has 0 saturated carbocycles. The highest BCUT2D eigenvalue weighted by Gasteiger charge is 2.05. The lowest BCUT2D eigenvalue weighted by molar-refractivity contribution is -0.301. The maximum Gasteiger partial charge on any atom is 0.235 e. The van der Waals surface area contributed by atoms with E-state index in [0.717, 1.165) is 11.8 Å². The minimum absolute atomic E-state index is 0.0416. The van der Waals surface area contributed by atoms with E-state index in [4.69, 9.17) is 4.52 Å². The van der Waals surface area contributed by atoms with Crippen LogP contribution in [0.3, 0.4) is 0 Å². The average Bonchev–Trinajstić information content (AvgIpc) is 2.50. The van der Waals surface area contributed by atoms with E-state index >= 15 is 0 Å². The maximum atomic E-state index is 11.2. The predicted octanol–water partition coefficient (Wildman–Crippen LogP) is -0.595. The van der Waals surface area contributed by atoms with Crippen molar-refractivity contribution in [2.75, 3.05) is 16.8 Å². The van der Waals surface area contributed by atoms with Crippen LogP contribution in [0, 0.1) is 6.92 Å². The number of aryl methyl sites for hydroxylation is 1. The third-order valence-corrected chi connectivity index (χ3v) is 2.25. The van der Waals surface area contributed by atoms with Crippen LogP contribution in [-0.4, -0.2) is 28.5 Å². The fourth-order valence-corrected chi connectivity index (χ4v) is 1.36. The summed E-state index contributed by atoms with van der Waals surface area (Å²) in [5.74, 6) is -0.760. The molecule has 1 rings (SSSR count).